The van der Waals surface area contributed by atoms with Crippen LogP contribution in [0, 0.1) is 13.8 Å². The number of likely N-dealkylation sites (tertiary alicyclic amines) is 1. The Bertz CT molecular complexity index is 880. The highest BCUT2D eigenvalue weighted by Crippen LogP contribution is 2.25. The van der Waals surface area contributed by atoms with E-state index in [9.17, 15) is 0 Å². The van der Waals surface area contributed by atoms with Gasteiger partial charge in [0, 0.05) is 48.8 Å². The first-order valence-corrected chi connectivity index (χ1v) is 8.83. The molecule has 3 aromatic rings. The topological polar surface area (TPSA) is 56.1 Å². The maximum Gasteiger partial charge on any atom is 0.159 e. The molecule has 0 atom stereocenters. The third-order valence-corrected chi connectivity index (χ3v) is 4.79. The third kappa shape index (κ3) is 3.32. The van der Waals surface area contributed by atoms with Crippen molar-refractivity contribution in [1.29, 1.82) is 0 Å². The minimum absolute atomic E-state index is 0.475. The number of ether oxygens (including phenoxy) is 1. The third-order valence-electron chi connectivity index (χ3n) is 4.79. The SMILES string of the molecule is COc1ccc(-c2ncc(CN3CC(n4nc(C)cc4C)C3)cn2)cc1. The van der Waals surface area contributed by atoms with Gasteiger partial charge in [0.1, 0.15) is 5.75 Å². The van der Waals surface area contributed by atoms with Gasteiger partial charge in [0.25, 0.3) is 0 Å². The van der Waals surface area contributed by atoms with Gasteiger partial charge in [-0.05, 0) is 44.2 Å². The highest BCUT2D eigenvalue weighted by atomic mass is 16.5. The van der Waals surface area contributed by atoms with E-state index in [2.05, 4.69) is 37.6 Å². The van der Waals surface area contributed by atoms with Gasteiger partial charge in [0.15, 0.2) is 5.82 Å². The lowest BCUT2D eigenvalue weighted by atomic mass is 10.1. The first kappa shape index (κ1) is 16.7. The summed E-state index contributed by atoms with van der Waals surface area (Å²) < 4.78 is 7.33. The van der Waals surface area contributed by atoms with Crippen LogP contribution in [0.25, 0.3) is 11.4 Å². The number of nitrogens with zero attached hydrogens (tertiary/aromatic N) is 5. The number of benzene rings is 1. The summed E-state index contributed by atoms with van der Waals surface area (Å²) in [6, 6.07) is 10.4. The first-order chi connectivity index (χ1) is 12.6. The van der Waals surface area contributed by atoms with Crippen molar-refractivity contribution in [3.05, 3.63) is 59.7 Å². The summed E-state index contributed by atoms with van der Waals surface area (Å²) in [7, 11) is 1.66. The normalized spacial score (nSPS) is 15.0. The maximum atomic E-state index is 5.18. The predicted molar refractivity (Wildman–Crippen MR) is 100 cm³/mol. The van der Waals surface area contributed by atoms with Crippen molar-refractivity contribution in [2.24, 2.45) is 0 Å². The summed E-state index contributed by atoms with van der Waals surface area (Å²) in [5.41, 5.74) is 4.45. The van der Waals surface area contributed by atoms with Crippen LogP contribution in [0.4, 0.5) is 0 Å². The van der Waals surface area contributed by atoms with Crippen molar-refractivity contribution < 1.29 is 4.74 Å². The molecule has 2 aromatic heterocycles. The van der Waals surface area contributed by atoms with E-state index in [0.29, 0.717) is 6.04 Å². The van der Waals surface area contributed by atoms with Crippen LogP contribution >= 0.6 is 0 Å². The molecular formula is C20H23N5O. The smallest absolute Gasteiger partial charge is 0.159 e. The Hall–Kier alpha value is -2.73. The van der Waals surface area contributed by atoms with Crippen molar-refractivity contribution in [1.82, 2.24) is 24.6 Å². The van der Waals surface area contributed by atoms with Crippen LogP contribution in [0.1, 0.15) is 23.0 Å². The van der Waals surface area contributed by atoms with Crippen LogP contribution in [0.3, 0.4) is 0 Å². The molecule has 0 unspecified atom stereocenters. The number of aryl methyl sites for hydroxylation is 2. The zero-order chi connectivity index (χ0) is 18.1. The van der Waals surface area contributed by atoms with Crippen molar-refractivity contribution >= 4 is 0 Å². The Morgan fingerprint density at radius 3 is 2.35 bits per heavy atom. The van der Waals surface area contributed by atoms with Gasteiger partial charge in [0.05, 0.1) is 18.8 Å². The van der Waals surface area contributed by atoms with Gasteiger partial charge in [-0.15, -0.1) is 0 Å². The molecule has 0 amide bonds. The molecule has 0 radical (unpaired) electrons. The second kappa shape index (κ2) is 6.88. The van der Waals surface area contributed by atoms with Crippen LogP contribution < -0.4 is 4.74 Å². The summed E-state index contributed by atoms with van der Waals surface area (Å²) in [6.07, 6.45) is 3.84. The summed E-state index contributed by atoms with van der Waals surface area (Å²) >= 11 is 0. The second-order valence-electron chi connectivity index (χ2n) is 6.86. The highest BCUT2D eigenvalue weighted by molar-refractivity contribution is 5.55. The molecule has 6 heteroatoms. The Kier molecular flexibility index (Phi) is 4.42. The summed E-state index contributed by atoms with van der Waals surface area (Å²) in [4.78, 5) is 11.4. The molecule has 3 heterocycles. The Morgan fingerprint density at radius 2 is 1.77 bits per heavy atom. The molecule has 1 fully saturated rings. The lowest BCUT2D eigenvalue weighted by molar-refractivity contribution is 0.0891. The molecule has 1 aliphatic rings. The summed E-state index contributed by atoms with van der Waals surface area (Å²) in [5.74, 6) is 1.57. The second-order valence-corrected chi connectivity index (χ2v) is 6.86. The minimum Gasteiger partial charge on any atom is -0.497 e. The number of hydrogen-bond acceptors (Lipinski definition) is 5. The fraction of sp³-hybridized carbons (Fsp3) is 0.350. The average molecular weight is 349 g/mol. The van der Waals surface area contributed by atoms with Gasteiger partial charge in [-0.1, -0.05) is 0 Å². The number of hydrogen-bond donors (Lipinski definition) is 0. The quantitative estimate of drug-likeness (QED) is 0.709. The number of rotatable bonds is 5. The van der Waals surface area contributed by atoms with E-state index in [4.69, 9.17) is 4.74 Å². The average Bonchev–Trinajstić information content (AvgIpc) is 2.96. The largest absolute Gasteiger partial charge is 0.497 e. The van der Waals surface area contributed by atoms with Crippen molar-refractivity contribution in [2.75, 3.05) is 20.2 Å². The van der Waals surface area contributed by atoms with E-state index in [1.54, 1.807) is 7.11 Å². The van der Waals surface area contributed by atoms with Crippen molar-refractivity contribution in [3.63, 3.8) is 0 Å². The lowest BCUT2D eigenvalue weighted by Gasteiger charge is -2.39. The van der Waals surface area contributed by atoms with E-state index < -0.39 is 0 Å². The fourth-order valence-electron chi connectivity index (χ4n) is 3.43. The van der Waals surface area contributed by atoms with Crippen LogP contribution in [0.15, 0.2) is 42.7 Å². The monoisotopic (exact) mass is 349 g/mol. The maximum absolute atomic E-state index is 5.18. The highest BCUT2D eigenvalue weighted by Gasteiger charge is 2.29. The molecule has 6 nitrogen and oxygen atoms in total. The zero-order valence-corrected chi connectivity index (χ0v) is 15.4. The van der Waals surface area contributed by atoms with Gasteiger partial charge in [-0.25, -0.2) is 9.97 Å². The number of methoxy groups -OCH3 is 1. The van der Waals surface area contributed by atoms with Crippen molar-refractivity contribution in [2.45, 2.75) is 26.4 Å². The fourth-order valence-corrected chi connectivity index (χ4v) is 3.43. The molecular weight excluding hydrogens is 326 g/mol. The van der Waals surface area contributed by atoms with Crippen molar-refractivity contribution in [3.8, 4) is 17.1 Å². The van der Waals surface area contributed by atoms with Crippen LogP contribution in [-0.2, 0) is 6.54 Å². The predicted octanol–water partition coefficient (Wildman–Crippen LogP) is 3.02. The molecule has 4 rings (SSSR count). The molecule has 0 spiro atoms. The van der Waals surface area contributed by atoms with Crippen LogP contribution in [0.5, 0.6) is 5.75 Å². The van der Waals surface area contributed by atoms with Crippen LogP contribution in [-0.4, -0.2) is 44.8 Å². The summed E-state index contributed by atoms with van der Waals surface area (Å²) in [6.45, 7) is 7.07. The molecule has 1 aromatic carbocycles. The molecule has 0 saturated carbocycles. The van der Waals surface area contributed by atoms with Gasteiger partial charge in [-0.2, -0.15) is 5.10 Å². The van der Waals surface area contributed by atoms with Gasteiger partial charge in [0.2, 0.25) is 0 Å². The van der Waals surface area contributed by atoms with E-state index in [0.717, 1.165) is 48.0 Å². The van der Waals surface area contributed by atoms with Gasteiger partial charge >= 0.3 is 0 Å². The number of aromatic nitrogens is 4. The Balaban J connectivity index is 1.35. The molecule has 26 heavy (non-hydrogen) atoms. The molecule has 1 saturated heterocycles. The minimum atomic E-state index is 0.475. The zero-order valence-electron chi connectivity index (χ0n) is 15.4. The molecule has 0 aliphatic carbocycles. The Morgan fingerprint density at radius 1 is 1.08 bits per heavy atom. The lowest BCUT2D eigenvalue weighted by Crippen LogP contribution is -2.47. The van der Waals surface area contributed by atoms with Gasteiger partial charge in [-0.3, -0.25) is 9.58 Å². The van der Waals surface area contributed by atoms with E-state index in [-0.39, 0.29) is 0 Å². The molecule has 1 aliphatic heterocycles. The van der Waals surface area contributed by atoms with E-state index in [1.165, 1.54) is 5.69 Å². The Labute approximate surface area is 153 Å². The summed E-state index contributed by atoms with van der Waals surface area (Å²) in [5, 5.41) is 4.59. The van der Waals surface area contributed by atoms with Gasteiger partial charge < -0.3 is 4.74 Å². The molecule has 0 N–H and O–H groups in total. The van der Waals surface area contributed by atoms with Crippen LogP contribution in [0.2, 0.25) is 0 Å². The van der Waals surface area contributed by atoms with E-state index >= 15 is 0 Å². The molecule has 134 valence electrons. The standard InChI is InChI=1S/C20H23N5O/c1-14-8-15(2)25(23-14)18-12-24(13-18)11-16-9-21-20(22-10-16)17-4-6-19(26-3)7-5-17/h4-10,18H,11-13H2,1-3H3. The van der Waals surface area contributed by atoms with E-state index in [1.807, 2.05) is 43.6 Å². The molecule has 0 bridgehead atoms. The first-order valence-electron chi connectivity index (χ1n) is 8.83.